The molecule has 0 unspecified atom stereocenters. The smallest absolute Gasteiger partial charge is 0.231 e. The molecule has 1 aliphatic carbocycles. The zero-order chi connectivity index (χ0) is 18.1. The number of amides is 2. The second-order valence-electron chi connectivity index (χ2n) is 6.65. The van der Waals surface area contributed by atoms with E-state index in [4.69, 9.17) is 4.74 Å². The van der Waals surface area contributed by atoms with Gasteiger partial charge in [-0.05, 0) is 31.9 Å². The Bertz CT molecular complexity index is 831. The van der Waals surface area contributed by atoms with Gasteiger partial charge in [0.2, 0.25) is 11.8 Å². The maximum Gasteiger partial charge on any atom is 0.231 e. The number of nitrogens with one attached hydrogen (secondary N) is 1. The van der Waals surface area contributed by atoms with Gasteiger partial charge in [0.05, 0.1) is 23.9 Å². The number of ether oxygens (including phenoxy) is 1. The molecule has 2 aliphatic rings. The summed E-state index contributed by atoms with van der Waals surface area (Å²) in [7, 11) is 0. The molecule has 136 valence electrons. The predicted molar refractivity (Wildman–Crippen MR) is 101 cm³/mol. The Morgan fingerprint density at radius 3 is 2.96 bits per heavy atom. The van der Waals surface area contributed by atoms with E-state index in [0.29, 0.717) is 30.0 Å². The van der Waals surface area contributed by atoms with Crippen LogP contribution < -0.4 is 15.0 Å². The maximum atomic E-state index is 12.6. The number of carbonyl (C=O) groups excluding carboxylic acids is 2. The molecule has 26 heavy (non-hydrogen) atoms. The lowest BCUT2D eigenvalue weighted by atomic mass is 10.1. The van der Waals surface area contributed by atoms with Crippen molar-refractivity contribution in [1.29, 1.82) is 0 Å². The van der Waals surface area contributed by atoms with Gasteiger partial charge in [0, 0.05) is 24.3 Å². The summed E-state index contributed by atoms with van der Waals surface area (Å²) in [5.74, 6) is 0.640. The van der Waals surface area contributed by atoms with Crippen molar-refractivity contribution >= 4 is 34.0 Å². The molecule has 6 nitrogen and oxygen atoms in total. The van der Waals surface area contributed by atoms with Crippen LogP contribution >= 0.6 is 11.3 Å². The molecule has 7 heteroatoms. The average Bonchev–Trinajstić information content (AvgIpc) is 3.26. The van der Waals surface area contributed by atoms with Crippen LogP contribution in [0.3, 0.4) is 0 Å². The summed E-state index contributed by atoms with van der Waals surface area (Å²) in [6.45, 7) is 2.79. The molecule has 0 spiro atoms. The lowest BCUT2D eigenvalue weighted by Gasteiger charge is -2.20. The Balaban J connectivity index is 1.44. The molecule has 1 atom stereocenters. The minimum Gasteiger partial charge on any atom is -0.492 e. The van der Waals surface area contributed by atoms with Gasteiger partial charge in [0.1, 0.15) is 5.75 Å². The third-order valence-corrected chi connectivity index (χ3v) is 5.48. The second kappa shape index (κ2) is 7.07. The molecular formula is C19H21N3O3S. The van der Waals surface area contributed by atoms with Gasteiger partial charge < -0.3 is 15.0 Å². The van der Waals surface area contributed by atoms with Gasteiger partial charge >= 0.3 is 0 Å². The van der Waals surface area contributed by atoms with Crippen molar-refractivity contribution < 1.29 is 14.3 Å². The van der Waals surface area contributed by atoms with E-state index in [2.05, 4.69) is 10.3 Å². The lowest BCUT2D eigenvalue weighted by molar-refractivity contribution is -0.122. The van der Waals surface area contributed by atoms with Crippen molar-refractivity contribution in [2.24, 2.45) is 5.92 Å². The van der Waals surface area contributed by atoms with Crippen molar-refractivity contribution in [2.45, 2.75) is 32.1 Å². The van der Waals surface area contributed by atoms with Crippen LogP contribution in [0, 0.1) is 5.92 Å². The van der Waals surface area contributed by atoms with E-state index < -0.39 is 0 Å². The van der Waals surface area contributed by atoms with Crippen LogP contribution in [0.25, 0.3) is 0 Å². The first-order valence-corrected chi connectivity index (χ1v) is 9.82. The topological polar surface area (TPSA) is 71.5 Å². The van der Waals surface area contributed by atoms with Gasteiger partial charge in [0.25, 0.3) is 0 Å². The molecular weight excluding hydrogens is 350 g/mol. The molecule has 1 N–H and O–H groups in total. The number of anilines is 2. The van der Waals surface area contributed by atoms with Crippen LogP contribution in [0.15, 0.2) is 29.6 Å². The third-order valence-electron chi connectivity index (χ3n) is 4.70. The molecule has 0 radical (unpaired) electrons. The van der Waals surface area contributed by atoms with Gasteiger partial charge in [-0.3, -0.25) is 9.59 Å². The van der Waals surface area contributed by atoms with E-state index in [9.17, 15) is 9.59 Å². The molecule has 4 rings (SSSR count). The number of rotatable bonds is 6. The summed E-state index contributed by atoms with van der Waals surface area (Å²) in [6, 6.07) is 7.44. The zero-order valence-corrected chi connectivity index (χ0v) is 15.4. The zero-order valence-electron chi connectivity index (χ0n) is 14.6. The Kier molecular flexibility index (Phi) is 4.63. The predicted octanol–water partition coefficient (Wildman–Crippen LogP) is 3.41. The fourth-order valence-electron chi connectivity index (χ4n) is 3.19. The number of nitrogens with zero attached hydrogens (tertiary/aromatic N) is 2. The van der Waals surface area contributed by atoms with E-state index in [1.165, 1.54) is 24.2 Å². The summed E-state index contributed by atoms with van der Waals surface area (Å²) in [5.41, 5.74) is 1.79. The molecule has 1 saturated heterocycles. The highest BCUT2D eigenvalue weighted by Crippen LogP contribution is 2.41. The van der Waals surface area contributed by atoms with Gasteiger partial charge in [-0.25, -0.2) is 4.98 Å². The molecule has 1 aromatic heterocycles. The first-order valence-electron chi connectivity index (χ1n) is 8.94. The highest BCUT2D eigenvalue weighted by Gasteiger charge is 2.36. The fraction of sp³-hybridized carbons (Fsp3) is 0.421. The molecule has 2 heterocycles. The Morgan fingerprint density at radius 2 is 2.19 bits per heavy atom. The lowest BCUT2D eigenvalue weighted by Crippen LogP contribution is -2.28. The van der Waals surface area contributed by atoms with E-state index in [1.807, 2.05) is 36.6 Å². The summed E-state index contributed by atoms with van der Waals surface area (Å²) >= 11 is 1.45. The van der Waals surface area contributed by atoms with Gasteiger partial charge in [-0.15, -0.1) is 11.3 Å². The molecule has 0 bridgehead atoms. The molecule has 1 aliphatic heterocycles. The van der Waals surface area contributed by atoms with Crippen molar-refractivity contribution in [3.63, 3.8) is 0 Å². The first kappa shape index (κ1) is 17.0. The quantitative estimate of drug-likeness (QED) is 0.845. The molecule has 2 aromatic rings. The number of carbonyl (C=O) groups is 2. The van der Waals surface area contributed by atoms with E-state index in [-0.39, 0.29) is 24.2 Å². The number of hydrogen-bond donors (Lipinski definition) is 1. The largest absolute Gasteiger partial charge is 0.492 e. The Hall–Kier alpha value is -2.41. The van der Waals surface area contributed by atoms with Crippen molar-refractivity contribution in [2.75, 3.05) is 23.4 Å². The van der Waals surface area contributed by atoms with Crippen LogP contribution in [0.5, 0.6) is 5.75 Å². The van der Waals surface area contributed by atoms with Crippen LogP contribution in [0.2, 0.25) is 0 Å². The second-order valence-corrected chi connectivity index (χ2v) is 7.51. The number of aromatic nitrogens is 1. The van der Waals surface area contributed by atoms with Crippen LogP contribution in [0.1, 0.15) is 37.8 Å². The summed E-state index contributed by atoms with van der Waals surface area (Å²) in [4.78, 5) is 31.2. The molecule has 2 fully saturated rings. The number of hydrogen-bond acceptors (Lipinski definition) is 5. The Labute approximate surface area is 156 Å². The van der Waals surface area contributed by atoms with E-state index >= 15 is 0 Å². The normalized spacial score (nSPS) is 19.7. The fourth-order valence-corrected chi connectivity index (χ4v) is 3.99. The van der Waals surface area contributed by atoms with Crippen LogP contribution in [-0.4, -0.2) is 29.9 Å². The van der Waals surface area contributed by atoms with E-state index in [1.54, 1.807) is 4.90 Å². The summed E-state index contributed by atoms with van der Waals surface area (Å²) < 4.78 is 5.62. The van der Waals surface area contributed by atoms with Gasteiger partial charge in [-0.1, -0.05) is 12.1 Å². The summed E-state index contributed by atoms with van der Waals surface area (Å²) in [5, 5.41) is 5.51. The number of para-hydroxylation sites is 2. The molecule has 1 aromatic carbocycles. The number of thiazole rings is 1. The average molecular weight is 371 g/mol. The van der Waals surface area contributed by atoms with Crippen molar-refractivity contribution in [3.05, 3.63) is 35.3 Å². The summed E-state index contributed by atoms with van der Waals surface area (Å²) in [6.07, 6.45) is 2.57. The first-order chi connectivity index (χ1) is 12.7. The SMILES string of the molecule is CCOc1ccccc1N1C[C@H](C(=O)Nc2nc(C3CC3)cs2)CC1=O. The van der Waals surface area contributed by atoms with Crippen molar-refractivity contribution in [3.8, 4) is 5.75 Å². The van der Waals surface area contributed by atoms with Crippen molar-refractivity contribution in [1.82, 2.24) is 4.98 Å². The Morgan fingerprint density at radius 1 is 1.38 bits per heavy atom. The highest BCUT2D eigenvalue weighted by atomic mass is 32.1. The highest BCUT2D eigenvalue weighted by molar-refractivity contribution is 7.13. The van der Waals surface area contributed by atoms with Gasteiger partial charge in [-0.2, -0.15) is 0 Å². The third kappa shape index (κ3) is 3.44. The van der Waals surface area contributed by atoms with E-state index in [0.717, 1.165) is 11.4 Å². The van der Waals surface area contributed by atoms with Gasteiger partial charge in [0.15, 0.2) is 5.13 Å². The standard InChI is InChI=1S/C19H21N3O3S/c1-2-25-16-6-4-3-5-15(16)22-10-13(9-17(22)23)18(24)21-19-20-14(11-26-19)12-7-8-12/h3-6,11-13H,2,7-10H2,1H3,(H,20,21,24)/t13-/m1/s1. The number of benzene rings is 1. The minimum absolute atomic E-state index is 0.0601. The molecule has 2 amide bonds. The van der Waals surface area contributed by atoms with Crippen LogP contribution in [0.4, 0.5) is 10.8 Å². The minimum atomic E-state index is -0.384. The monoisotopic (exact) mass is 371 g/mol. The maximum absolute atomic E-state index is 12.6. The van der Waals surface area contributed by atoms with Crippen LogP contribution in [-0.2, 0) is 9.59 Å². The molecule has 1 saturated carbocycles.